The van der Waals surface area contributed by atoms with Crippen LogP contribution in [-0.2, 0) is 6.61 Å². The summed E-state index contributed by atoms with van der Waals surface area (Å²) in [5, 5.41) is 8.52. The van der Waals surface area contributed by atoms with E-state index in [2.05, 4.69) is 4.98 Å². The van der Waals surface area contributed by atoms with E-state index < -0.39 is 0 Å². The van der Waals surface area contributed by atoms with E-state index in [4.69, 9.17) is 5.11 Å². The number of aliphatic hydroxyl groups is 1. The average Bonchev–Trinajstić information content (AvgIpc) is 1.90. The zero-order valence-corrected chi connectivity index (χ0v) is 5.69. The summed E-state index contributed by atoms with van der Waals surface area (Å²) >= 11 is 0. The van der Waals surface area contributed by atoms with Gasteiger partial charge in [-0.05, 0) is 6.07 Å². The average molecular weight is 147 g/mol. The van der Waals surface area contributed by atoms with Crippen LogP contribution in [0.1, 0.15) is 5.56 Å². The molecule has 0 bridgehead atoms. The van der Waals surface area contributed by atoms with Gasteiger partial charge < -0.3 is 5.11 Å². The summed E-state index contributed by atoms with van der Waals surface area (Å²) in [5.41, 5.74) is 0.910. The molecule has 0 aliphatic rings. The Bertz CT molecular complexity index is 154. The Labute approximate surface area is 60.0 Å². The maximum Gasteiger partial charge on any atom is 0.172 e. The van der Waals surface area contributed by atoms with Crippen molar-refractivity contribution >= 4 is 12.4 Å². The highest BCUT2D eigenvalue weighted by Gasteiger charge is 1.87. The van der Waals surface area contributed by atoms with Crippen LogP contribution in [0.5, 0.6) is 0 Å². The molecule has 0 atom stereocenters. The van der Waals surface area contributed by atoms with E-state index in [9.17, 15) is 0 Å². The minimum Gasteiger partial charge on any atom is -0.391 e. The smallest absolute Gasteiger partial charge is 0.172 e. The Morgan fingerprint density at radius 1 is 1.56 bits per heavy atom. The summed E-state index contributed by atoms with van der Waals surface area (Å²) in [6.45, 7) is 0.108. The van der Waals surface area contributed by atoms with Crippen LogP contribution in [0.25, 0.3) is 0 Å². The lowest BCUT2D eigenvalue weighted by Crippen LogP contribution is -1.99. The molecule has 0 radical (unpaired) electrons. The van der Waals surface area contributed by atoms with Gasteiger partial charge in [0.05, 0.1) is 6.61 Å². The highest BCUT2D eigenvalue weighted by molar-refractivity contribution is 5.85. The van der Waals surface area contributed by atoms with Crippen molar-refractivity contribution in [1.29, 1.82) is 0 Å². The molecule has 9 heavy (non-hydrogen) atoms. The Morgan fingerprint density at radius 2 is 2.33 bits per heavy atom. The third-order valence-electron chi connectivity index (χ3n) is 0.954. The molecule has 0 saturated heterocycles. The van der Waals surface area contributed by atoms with Gasteiger partial charge in [0.15, 0.2) is 12.4 Å². The molecular weight excluding hydrogens is 138 g/mol. The lowest BCUT2D eigenvalue weighted by Gasteiger charge is -1.83. The fraction of sp³-hybridized carbons (Fsp3) is 0.167. The highest BCUT2D eigenvalue weighted by atomic mass is 35.5. The summed E-state index contributed by atoms with van der Waals surface area (Å²) in [4.78, 5) is 2.85. The maximum absolute atomic E-state index is 8.52. The number of aliphatic hydroxyl groups excluding tert-OH is 1. The van der Waals surface area contributed by atoms with Crippen molar-refractivity contribution in [2.24, 2.45) is 0 Å². The summed E-state index contributed by atoms with van der Waals surface area (Å²) < 4.78 is 0. The first kappa shape index (κ1) is 8.40. The van der Waals surface area contributed by atoms with Gasteiger partial charge in [-0.2, -0.15) is 0 Å². The van der Waals surface area contributed by atoms with Gasteiger partial charge in [-0.25, -0.2) is 4.98 Å². The van der Waals surface area contributed by atoms with Gasteiger partial charge in [0, 0.05) is 11.6 Å². The Morgan fingerprint density at radius 3 is 2.67 bits per heavy atom. The second-order valence-corrected chi connectivity index (χ2v) is 1.57. The van der Waals surface area contributed by atoms with E-state index in [1.165, 1.54) is 0 Å². The molecule has 1 heterocycles. The second-order valence-electron chi connectivity index (χ2n) is 1.57. The molecule has 1 aromatic heterocycles. The van der Waals surface area contributed by atoms with Gasteiger partial charge in [-0.15, -0.1) is 12.4 Å². The van der Waals surface area contributed by atoms with Crippen molar-refractivity contribution in [3.8, 4) is 0 Å². The Hall–Kier alpha value is -0.600. The predicted molar refractivity (Wildman–Crippen MR) is 36.2 cm³/mol. The van der Waals surface area contributed by atoms with Gasteiger partial charge in [0.1, 0.15) is 0 Å². The number of aromatic nitrogens is 1. The van der Waals surface area contributed by atoms with Crippen molar-refractivity contribution in [1.82, 2.24) is 0 Å². The van der Waals surface area contributed by atoms with E-state index >= 15 is 0 Å². The van der Waals surface area contributed by atoms with Crippen LogP contribution in [0, 0.1) is 0 Å². The molecule has 50 valence electrons. The van der Waals surface area contributed by atoms with E-state index in [0.717, 1.165) is 5.56 Å². The standard InChI is InChI=1S/C6H7NO.ClH/c8-5-6-2-1-3-7-4-6;/h1-4,8H,5H2;1H/p+1. The molecule has 3 heteroatoms. The largest absolute Gasteiger partial charge is 0.391 e. The first-order chi connectivity index (χ1) is 3.93. The third-order valence-corrected chi connectivity index (χ3v) is 0.954. The van der Waals surface area contributed by atoms with Crippen LogP contribution >= 0.6 is 12.4 Å². The quantitative estimate of drug-likeness (QED) is 0.612. The lowest BCUT2D eigenvalue weighted by molar-refractivity contribution is -0.379. The minimum atomic E-state index is 0. The van der Waals surface area contributed by atoms with E-state index in [0.29, 0.717) is 0 Å². The third kappa shape index (κ3) is 2.44. The van der Waals surface area contributed by atoms with Gasteiger partial charge >= 0.3 is 0 Å². The predicted octanol–water partition coefficient (Wildman–Crippen LogP) is 0.415. The van der Waals surface area contributed by atoms with Crippen LogP contribution in [0.15, 0.2) is 24.5 Å². The topological polar surface area (TPSA) is 34.4 Å². The summed E-state index contributed by atoms with van der Waals surface area (Å²) in [5.74, 6) is 0. The van der Waals surface area contributed by atoms with Crippen LogP contribution < -0.4 is 4.98 Å². The first-order valence-electron chi connectivity index (χ1n) is 2.49. The fourth-order valence-electron chi connectivity index (χ4n) is 0.529. The zero-order valence-electron chi connectivity index (χ0n) is 4.87. The van der Waals surface area contributed by atoms with Crippen LogP contribution in [0.2, 0.25) is 0 Å². The minimum absolute atomic E-state index is 0. The van der Waals surface area contributed by atoms with Gasteiger partial charge in [-0.3, -0.25) is 0 Å². The van der Waals surface area contributed by atoms with Crippen LogP contribution in [0.3, 0.4) is 0 Å². The Kier molecular flexibility index (Phi) is 4.01. The summed E-state index contributed by atoms with van der Waals surface area (Å²) in [6.07, 6.45) is 3.57. The molecular formula is C6H9ClNO+. The number of halogens is 1. The maximum atomic E-state index is 8.52. The SMILES string of the molecule is Cl.OCc1ccc[nH+]c1. The molecule has 0 fully saturated rings. The molecule has 1 aromatic rings. The second kappa shape index (κ2) is 4.30. The summed E-state index contributed by atoms with van der Waals surface area (Å²) in [7, 11) is 0. The Balaban J connectivity index is 0.000000640. The van der Waals surface area contributed by atoms with E-state index in [1.807, 2.05) is 12.1 Å². The van der Waals surface area contributed by atoms with Gasteiger partial charge in [0.25, 0.3) is 0 Å². The first-order valence-corrected chi connectivity index (χ1v) is 2.49. The van der Waals surface area contributed by atoms with E-state index in [-0.39, 0.29) is 19.0 Å². The lowest BCUT2D eigenvalue weighted by atomic mass is 10.3. The number of pyridine rings is 1. The zero-order chi connectivity index (χ0) is 5.82. The van der Waals surface area contributed by atoms with Crippen LogP contribution in [0.4, 0.5) is 0 Å². The van der Waals surface area contributed by atoms with Gasteiger partial charge in [-0.1, -0.05) is 0 Å². The molecule has 0 spiro atoms. The fourth-order valence-corrected chi connectivity index (χ4v) is 0.529. The molecule has 0 saturated carbocycles. The molecule has 1 rings (SSSR count). The number of rotatable bonds is 1. The molecule has 0 aliphatic carbocycles. The molecule has 2 nitrogen and oxygen atoms in total. The van der Waals surface area contributed by atoms with Crippen molar-refractivity contribution in [2.45, 2.75) is 6.61 Å². The molecule has 0 aliphatic heterocycles. The summed E-state index contributed by atoms with van der Waals surface area (Å²) in [6, 6.07) is 3.71. The van der Waals surface area contributed by atoms with E-state index in [1.54, 1.807) is 12.4 Å². The molecule has 0 amide bonds. The van der Waals surface area contributed by atoms with Crippen molar-refractivity contribution < 1.29 is 10.1 Å². The number of aromatic amines is 1. The number of H-pyrrole nitrogens is 1. The molecule has 0 aromatic carbocycles. The van der Waals surface area contributed by atoms with Crippen molar-refractivity contribution in [2.75, 3.05) is 0 Å². The number of hydrogen-bond donors (Lipinski definition) is 1. The van der Waals surface area contributed by atoms with Crippen molar-refractivity contribution in [3.63, 3.8) is 0 Å². The van der Waals surface area contributed by atoms with Crippen molar-refractivity contribution in [3.05, 3.63) is 30.1 Å². The van der Waals surface area contributed by atoms with Crippen LogP contribution in [-0.4, -0.2) is 5.11 Å². The molecule has 0 unspecified atom stereocenters. The molecule has 2 N–H and O–H groups in total. The highest BCUT2D eigenvalue weighted by Crippen LogP contribution is 1.89. The number of nitrogens with one attached hydrogen (secondary N) is 1. The van der Waals surface area contributed by atoms with Gasteiger partial charge in [0.2, 0.25) is 0 Å². The number of hydrogen-bond acceptors (Lipinski definition) is 1. The monoisotopic (exact) mass is 146 g/mol. The normalized spacial score (nSPS) is 8.11.